The van der Waals surface area contributed by atoms with E-state index in [1.54, 1.807) is 12.1 Å². The van der Waals surface area contributed by atoms with Crippen LogP contribution < -0.4 is 5.73 Å². The van der Waals surface area contributed by atoms with E-state index < -0.39 is 0 Å². The van der Waals surface area contributed by atoms with Crippen LogP contribution in [-0.2, 0) is 7.05 Å². The number of halogens is 1. The van der Waals surface area contributed by atoms with E-state index >= 15 is 0 Å². The Morgan fingerprint density at radius 3 is 2.67 bits per heavy atom. The largest absolute Gasteiger partial charge is 0.384 e. The van der Waals surface area contributed by atoms with E-state index in [0.717, 1.165) is 15.9 Å². The molecule has 7 heteroatoms. The minimum absolute atomic E-state index is 0.0361. The van der Waals surface area contributed by atoms with Gasteiger partial charge in [0.1, 0.15) is 11.7 Å². The molecule has 0 unspecified atom stereocenters. The Bertz CT molecular complexity index is 607. The predicted molar refractivity (Wildman–Crippen MR) is 72.3 cm³/mol. The molecule has 1 aromatic carbocycles. The molecule has 3 N–H and O–H groups in total. The van der Waals surface area contributed by atoms with Gasteiger partial charge < -0.3 is 10.3 Å². The molecule has 1 aromatic heterocycles. The van der Waals surface area contributed by atoms with E-state index in [9.17, 15) is 0 Å². The molecule has 0 spiro atoms. The zero-order chi connectivity index (χ0) is 13.3. The topological polar surface area (TPSA) is 80.6 Å². The van der Waals surface area contributed by atoms with Crippen LogP contribution in [0.3, 0.4) is 0 Å². The van der Waals surface area contributed by atoms with Crippen LogP contribution in [0.15, 0.2) is 28.3 Å². The van der Waals surface area contributed by atoms with Gasteiger partial charge in [0.2, 0.25) is 0 Å². The number of nitrogen functional groups attached to an aromatic ring is 1. The highest BCUT2D eigenvalue weighted by Crippen LogP contribution is 2.29. The van der Waals surface area contributed by atoms with Crippen molar-refractivity contribution in [3.05, 3.63) is 34.6 Å². The lowest BCUT2D eigenvalue weighted by molar-refractivity contribution is 0.765. The van der Waals surface area contributed by atoms with Gasteiger partial charge in [-0.15, -0.1) is 10.2 Å². The number of benzene rings is 1. The summed E-state index contributed by atoms with van der Waals surface area (Å²) in [6.07, 6.45) is 0. The molecule has 0 fully saturated rings. The first-order valence-electron chi connectivity index (χ1n) is 5.17. The summed E-state index contributed by atoms with van der Waals surface area (Å²) >= 11 is 7.52. The Kier molecular flexibility index (Phi) is 3.58. The number of rotatable bonds is 3. The summed E-state index contributed by atoms with van der Waals surface area (Å²) in [5.74, 6) is 0.815. The Hall–Kier alpha value is -1.53. The van der Waals surface area contributed by atoms with Gasteiger partial charge in [0.05, 0.1) is 5.02 Å². The van der Waals surface area contributed by atoms with Gasteiger partial charge in [-0.2, -0.15) is 0 Å². The molecular formula is C11H12ClN5S. The van der Waals surface area contributed by atoms with Crippen LogP contribution in [0, 0.1) is 12.3 Å². The molecule has 18 heavy (non-hydrogen) atoms. The van der Waals surface area contributed by atoms with Gasteiger partial charge in [-0.25, -0.2) is 0 Å². The van der Waals surface area contributed by atoms with Crippen molar-refractivity contribution < 1.29 is 0 Å². The van der Waals surface area contributed by atoms with Crippen molar-refractivity contribution in [1.29, 1.82) is 5.41 Å². The van der Waals surface area contributed by atoms with Crippen molar-refractivity contribution in [2.75, 3.05) is 0 Å². The fourth-order valence-electron chi connectivity index (χ4n) is 1.36. The molecule has 0 saturated heterocycles. The van der Waals surface area contributed by atoms with Crippen LogP contribution in [0.5, 0.6) is 0 Å². The lowest BCUT2D eigenvalue weighted by Gasteiger charge is -2.05. The van der Waals surface area contributed by atoms with Gasteiger partial charge >= 0.3 is 0 Å². The first-order chi connectivity index (χ1) is 8.49. The van der Waals surface area contributed by atoms with Crippen molar-refractivity contribution in [2.24, 2.45) is 12.8 Å². The summed E-state index contributed by atoms with van der Waals surface area (Å²) < 4.78 is 1.90. The first kappa shape index (κ1) is 12.9. The zero-order valence-electron chi connectivity index (χ0n) is 9.94. The molecule has 0 atom stereocenters. The summed E-state index contributed by atoms with van der Waals surface area (Å²) in [7, 11) is 1.91. The number of hydrogen-bond acceptors (Lipinski definition) is 4. The average Bonchev–Trinajstić information content (AvgIpc) is 2.61. The van der Waals surface area contributed by atoms with Gasteiger partial charge in [-0.3, -0.25) is 5.41 Å². The molecule has 0 saturated carbocycles. The predicted octanol–water partition coefficient (Wildman–Crippen LogP) is 2.21. The van der Waals surface area contributed by atoms with Crippen LogP contribution in [0.25, 0.3) is 0 Å². The summed E-state index contributed by atoms with van der Waals surface area (Å²) in [6, 6.07) is 5.36. The van der Waals surface area contributed by atoms with E-state index in [0.29, 0.717) is 10.6 Å². The van der Waals surface area contributed by atoms with Crippen LogP contribution in [0.1, 0.15) is 11.4 Å². The second kappa shape index (κ2) is 4.99. The lowest BCUT2D eigenvalue weighted by Crippen LogP contribution is -2.11. The molecule has 1 heterocycles. The average molecular weight is 282 g/mol. The van der Waals surface area contributed by atoms with Crippen LogP contribution in [0.4, 0.5) is 0 Å². The number of aryl methyl sites for hydroxylation is 1. The second-order valence-corrected chi connectivity index (χ2v) is 5.19. The van der Waals surface area contributed by atoms with Crippen molar-refractivity contribution in [1.82, 2.24) is 14.8 Å². The van der Waals surface area contributed by atoms with E-state index in [1.807, 2.05) is 24.6 Å². The number of nitrogens with zero attached hydrogens (tertiary/aromatic N) is 3. The first-order valence-corrected chi connectivity index (χ1v) is 6.36. The standard InChI is InChI=1S/C11H12ClN5S/c1-6-15-16-11(17(6)2)18-7-3-4-8(10(13)14)9(12)5-7/h3-5H,1-2H3,(H3,13,14). The number of nitrogens with two attached hydrogens (primary N) is 1. The molecule has 2 aromatic rings. The molecule has 0 aliphatic rings. The van der Waals surface area contributed by atoms with Crippen molar-refractivity contribution in [3.8, 4) is 0 Å². The Morgan fingerprint density at radius 2 is 2.17 bits per heavy atom. The van der Waals surface area contributed by atoms with Gasteiger partial charge in [0, 0.05) is 17.5 Å². The smallest absolute Gasteiger partial charge is 0.195 e. The van der Waals surface area contributed by atoms with E-state index in [2.05, 4.69) is 10.2 Å². The van der Waals surface area contributed by atoms with Crippen LogP contribution in [0.2, 0.25) is 5.02 Å². The Labute approximate surface area is 114 Å². The van der Waals surface area contributed by atoms with Gasteiger partial charge in [0.15, 0.2) is 5.16 Å². The minimum Gasteiger partial charge on any atom is -0.384 e. The molecule has 0 aliphatic heterocycles. The minimum atomic E-state index is -0.0361. The van der Waals surface area contributed by atoms with Crippen LogP contribution in [-0.4, -0.2) is 20.6 Å². The molecular weight excluding hydrogens is 270 g/mol. The summed E-state index contributed by atoms with van der Waals surface area (Å²) in [5.41, 5.74) is 5.95. The van der Waals surface area contributed by atoms with E-state index in [4.69, 9.17) is 22.7 Å². The number of aromatic nitrogens is 3. The monoisotopic (exact) mass is 281 g/mol. The molecule has 0 bridgehead atoms. The molecule has 94 valence electrons. The van der Waals surface area contributed by atoms with Gasteiger partial charge in [-0.05, 0) is 36.9 Å². The molecule has 0 aliphatic carbocycles. The molecule has 2 rings (SSSR count). The fourth-order valence-corrected chi connectivity index (χ4v) is 2.58. The molecule has 0 amide bonds. The zero-order valence-corrected chi connectivity index (χ0v) is 11.5. The number of nitrogens with one attached hydrogen (secondary N) is 1. The lowest BCUT2D eigenvalue weighted by atomic mass is 10.2. The summed E-state index contributed by atoms with van der Waals surface area (Å²) in [6.45, 7) is 1.89. The second-order valence-electron chi connectivity index (χ2n) is 3.75. The third-order valence-corrected chi connectivity index (χ3v) is 3.83. The highest BCUT2D eigenvalue weighted by Gasteiger charge is 2.09. The maximum Gasteiger partial charge on any atom is 0.195 e. The maximum absolute atomic E-state index is 7.37. The summed E-state index contributed by atoms with van der Waals surface area (Å²) in [4.78, 5) is 0.931. The Balaban J connectivity index is 2.28. The third-order valence-electron chi connectivity index (χ3n) is 2.49. The Morgan fingerprint density at radius 1 is 1.44 bits per heavy atom. The normalized spacial score (nSPS) is 10.6. The van der Waals surface area contributed by atoms with Crippen molar-refractivity contribution in [2.45, 2.75) is 17.0 Å². The molecule has 5 nitrogen and oxygen atoms in total. The highest BCUT2D eigenvalue weighted by molar-refractivity contribution is 7.99. The van der Waals surface area contributed by atoms with E-state index in [1.165, 1.54) is 11.8 Å². The molecule has 0 radical (unpaired) electrons. The van der Waals surface area contributed by atoms with Gasteiger partial charge in [-0.1, -0.05) is 11.6 Å². The van der Waals surface area contributed by atoms with Crippen molar-refractivity contribution in [3.63, 3.8) is 0 Å². The SMILES string of the molecule is Cc1nnc(Sc2ccc(C(=N)N)c(Cl)c2)n1C. The quantitative estimate of drug-likeness (QED) is 0.668. The van der Waals surface area contributed by atoms with Gasteiger partial charge in [0.25, 0.3) is 0 Å². The third kappa shape index (κ3) is 2.49. The fraction of sp³-hybridized carbons (Fsp3) is 0.182. The maximum atomic E-state index is 7.37. The number of amidine groups is 1. The number of hydrogen-bond donors (Lipinski definition) is 2. The van der Waals surface area contributed by atoms with Crippen molar-refractivity contribution >= 4 is 29.2 Å². The summed E-state index contributed by atoms with van der Waals surface area (Å²) in [5, 5.41) is 16.7. The highest BCUT2D eigenvalue weighted by atomic mass is 35.5. The van der Waals surface area contributed by atoms with Crippen LogP contribution >= 0.6 is 23.4 Å². The van der Waals surface area contributed by atoms with E-state index in [-0.39, 0.29) is 5.84 Å².